The largest absolute Gasteiger partial charge is 0.395 e. The maximum Gasteiger partial charge on any atom is 0.0755 e. The number of hydrogen-bond acceptors (Lipinski definition) is 3. The number of nitrogens with one attached hydrogen (secondary N) is 1. The molecule has 0 radical (unpaired) electrons. The lowest BCUT2D eigenvalue weighted by Gasteiger charge is -2.36. The second-order valence-electron chi connectivity index (χ2n) is 8.54. The van der Waals surface area contributed by atoms with Crippen LogP contribution in [0.1, 0.15) is 96.0 Å². The van der Waals surface area contributed by atoms with Crippen LogP contribution < -0.4 is 5.32 Å². The summed E-state index contributed by atoms with van der Waals surface area (Å²) in [5.41, 5.74) is 1.20. The van der Waals surface area contributed by atoms with Crippen LogP contribution >= 0.6 is 0 Å². The number of piperidine rings is 1. The number of rotatable bonds is 15. The molecule has 0 amide bonds. The van der Waals surface area contributed by atoms with Gasteiger partial charge in [0.2, 0.25) is 0 Å². The van der Waals surface area contributed by atoms with Crippen molar-refractivity contribution < 1.29 is 9.84 Å². The van der Waals surface area contributed by atoms with Crippen LogP contribution in [0.4, 0.5) is 0 Å². The van der Waals surface area contributed by atoms with Gasteiger partial charge in [0.15, 0.2) is 0 Å². The molecule has 1 aliphatic rings. The summed E-state index contributed by atoms with van der Waals surface area (Å²) in [5, 5.41) is 13.4. The summed E-state index contributed by atoms with van der Waals surface area (Å²) < 4.78 is 6.10. The minimum absolute atomic E-state index is 0.0746. The highest BCUT2D eigenvalue weighted by Gasteiger charge is 2.29. The van der Waals surface area contributed by atoms with Crippen LogP contribution in [-0.2, 0) is 11.3 Å². The molecule has 3 nitrogen and oxygen atoms in total. The Morgan fingerprint density at radius 1 is 0.893 bits per heavy atom. The third kappa shape index (κ3) is 9.54. The van der Waals surface area contributed by atoms with Crippen molar-refractivity contribution in [2.45, 2.75) is 115 Å². The van der Waals surface area contributed by atoms with Crippen LogP contribution in [0.2, 0.25) is 0 Å². The zero-order valence-corrected chi connectivity index (χ0v) is 18.1. The minimum Gasteiger partial charge on any atom is -0.395 e. The molecular weight excluding hydrogens is 346 g/mol. The Morgan fingerprint density at radius 2 is 1.54 bits per heavy atom. The lowest BCUT2D eigenvalue weighted by molar-refractivity contribution is -0.0259. The Morgan fingerprint density at radius 3 is 2.18 bits per heavy atom. The SMILES string of the molecule is CCCCCCCCCCCC[C@@H]1CC[C@@H](OCc2ccccc2)[C@H](CO)N1. The maximum atomic E-state index is 9.78. The molecule has 3 atom stereocenters. The van der Waals surface area contributed by atoms with Crippen LogP contribution in [0.3, 0.4) is 0 Å². The molecule has 0 bridgehead atoms. The zero-order valence-electron chi connectivity index (χ0n) is 18.1. The van der Waals surface area contributed by atoms with E-state index in [1.165, 1.54) is 76.2 Å². The van der Waals surface area contributed by atoms with E-state index >= 15 is 0 Å². The van der Waals surface area contributed by atoms with E-state index < -0.39 is 0 Å². The van der Waals surface area contributed by atoms with E-state index in [1.54, 1.807) is 0 Å². The van der Waals surface area contributed by atoms with E-state index in [0.717, 1.165) is 12.8 Å². The van der Waals surface area contributed by atoms with Gasteiger partial charge in [-0.1, -0.05) is 101 Å². The van der Waals surface area contributed by atoms with Gasteiger partial charge in [-0.05, 0) is 24.8 Å². The lowest BCUT2D eigenvalue weighted by atomic mass is 9.92. The van der Waals surface area contributed by atoms with Crippen molar-refractivity contribution in [3.05, 3.63) is 35.9 Å². The summed E-state index contributed by atoms with van der Waals surface area (Å²) in [5.74, 6) is 0. The molecule has 2 rings (SSSR count). The van der Waals surface area contributed by atoms with Crippen molar-refractivity contribution in [1.82, 2.24) is 5.32 Å². The van der Waals surface area contributed by atoms with Crippen molar-refractivity contribution in [2.24, 2.45) is 0 Å². The Bertz CT molecular complexity index is 479. The first-order valence-corrected chi connectivity index (χ1v) is 11.9. The first-order valence-electron chi connectivity index (χ1n) is 11.9. The fraction of sp³-hybridized carbons (Fsp3) is 0.760. The standard InChI is InChI=1S/C25H43NO2/c1-2-3-4-5-6-7-8-9-10-14-17-23-18-19-25(24(20-27)26-23)28-21-22-15-12-11-13-16-22/h11-13,15-16,23-27H,2-10,14,17-21H2,1H3/t23-,24+,25-/m1/s1. The number of aliphatic hydroxyl groups excluding tert-OH is 1. The van der Waals surface area contributed by atoms with Gasteiger partial charge in [0.25, 0.3) is 0 Å². The van der Waals surface area contributed by atoms with Crippen LogP contribution in [0.15, 0.2) is 30.3 Å². The molecule has 3 heteroatoms. The van der Waals surface area contributed by atoms with Crippen molar-refractivity contribution >= 4 is 0 Å². The molecule has 0 saturated carbocycles. The second kappa shape index (κ2) is 15.0. The van der Waals surface area contributed by atoms with E-state index in [-0.39, 0.29) is 18.8 Å². The Balaban J connectivity index is 1.52. The molecule has 160 valence electrons. The fourth-order valence-electron chi connectivity index (χ4n) is 4.31. The topological polar surface area (TPSA) is 41.5 Å². The highest BCUT2D eigenvalue weighted by molar-refractivity contribution is 5.13. The molecule has 2 N–H and O–H groups in total. The van der Waals surface area contributed by atoms with Gasteiger partial charge in [0.05, 0.1) is 25.4 Å². The van der Waals surface area contributed by atoms with E-state index in [1.807, 2.05) is 18.2 Å². The van der Waals surface area contributed by atoms with Crippen LogP contribution in [-0.4, -0.2) is 29.9 Å². The van der Waals surface area contributed by atoms with Gasteiger partial charge in [-0.2, -0.15) is 0 Å². The fourth-order valence-corrected chi connectivity index (χ4v) is 4.31. The van der Waals surface area contributed by atoms with Crippen LogP contribution in [0.25, 0.3) is 0 Å². The number of ether oxygens (including phenoxy) is 1. The van der Waals surface area contributed by atoms with E-state index in [2.05, 4.69) is 24.4 Å². The Kier molecular flexibility index (Phi) is 12.5. The number of hydrogen-bond donors (Lipinski definition) is 2. The molecular formula is C25H43NO2. The molecule has 0 unspecified atom stereocenters. The summed E-state index contributed by atoms with van der Waals surface area (Å²) in [6.07, 6.45) is 17.4. The van der Waals surface area contributed by atoms with Crippen LogP contribution in [0.5, 0.6) is 0 Å². The highest BCUT2D eigenvalue weighted by atomic mass is 16.5. The van der Waals surface area contributed by atoms with E-state index in [4.69, 9.17) is 4.74 Å². The monoisotopic (exact) mass is 389 g/mol. The van der Waals surface area contributed by atoms with E-state index in [9.17, 15) is 5.11 Å². The molecule has 1 saturated heterocycles. The van der Waals surface area contributed by atoms with Gasteiger partial charge in [-0.15, -0.1) is 0 Å². The number of aliphatic hydroxyl groups is 1. The average Bonchev–Trinajstić information content (AvgIpc) is 2.74. The number of unbranched alkanes of at least 4 members (excludes halogenated alkanes) is 9. The molecule has 1 aromatic rings. The highest BCUT2D eigenvalue weighted by Crippen LogP contribution is 2.22. The molecule has 0 aliphatic carbocycles. The Labute approximate surface area is 173 Å². The predicted octanol–water partition coefficient (Wildman–Crippen LogP) is 6.00. The Hall–Kier alpha value is -0.900. The summed E-state index contributed by atoms with van der Waals surface area (Å²) in [4.78, 5) is 0. The first kappa shape index (κ1) is 23.4. The molecule has 1 aliphatic heterocycles. The molecule has 28 heavy (non-hydrogen) atoms. The number of benzene rings is 1. The second-order valence-corrected chi connectivity index (χ2v) is 8.54. The first-order chi connectivity index (χ1) is 13.8. The lowest BCUT2D eigenvalue weighted by Crippen LogP contribution is -2.53. The quantitative estimate of drug-likeness (QED) is 0.362. The molecule has 1 aromatic carbocycles. The molecule has 0 spiro atoms. The van der Waals surface area contributed by atoms with Crippen molar-refractivity contribution in [2.75, 3.05) is 6.61 Å². The summed E-state index contributed by atoms with van der Waals surface area (Å²) >= 11 is 0. The van der Waals surface area contributed by atoms with E-state index in [0.29, 0.717) is 12.6 Å². The van der Waals surface area contributed by atoms with Gasteiger partial charge in [-0.3, -0.25) is 0 Å². The zero-order chi connectivity index (χ0) is 19.9. The predicted molar refractivity (Wildman–Crippen MR) is 119 cm³/mol. The van der Waals surface area contributed by atoms with Crippen LogP contribution in [0, 0.1) is 0 Å². The summed E-state index contributed by atoms with van der Waals surface area (Å²) in [6.45, 7) is 3.07. The minimum atomic E-state index is 0.0746. The third-order valence-corrected chi connectivity index (χ3v) is 6.11. The smallest absolute Gasteiger partial charge is 0.0755 e. The summed E-state index contributed by atoms with van der Waals surface area (Å²) in [7, 11) is 0. The summed E-state index contributed by atoms with van der Waals surface area (Å²) in [6, 6.07) is 10.9. The molecule has 1 fully saturated rings. The van der Waals surface area contributed by atoms with Gasteiger partial charge in [0, 0.05) is 6.04 Å². The van der Waals surface area contributed by atoms with Crippen molar-refractivity contribution in [3.63, 3.8) is 0 Å². The van der Waals surface area contributed by atoms with Crippen molar-refractivity contribution in [1.29, 1.82) is 0 Å². The average molecular weight is 390 g/mol. The third-order valence-electron chi connectivity index (χ3n) is 6.11. The van der Waals surface area contributed by atoms with Gasteiger partial charge < -0.3 is 15.2 Å². The molecule has 0 aromatic heterocycles. The van der Waals surface area contributed by atoms with Gasteiger partial charge >= 0.3 is 0 Å². The van der Waals surface area contributed by atoms with Gasteiger partial charge in [0.1, 0.15) is 0 Å². The maximum absolute atomic E-state index is 9.78. The normalized spacial score (nSPS) is 22.4. The molecule has 1 heterocycles. The van der Waals surface area contributed by atoms with Crippen molar-refractivity contribution in [3.8, 4) is 0 Å². The van der Waals surface area contributed by atoms with Gasteiger partial charge in [-0.25, -0.2) is 0 Å².